The molecule has 0 saturated heterocycles. The highest BCUT2D eigenvalue weighted by Crippen LogP contribution is 2.67. The predicted molar refractivity (Wildman–Crippen MR) is 92.5 cm³/mol. The van der Waals surface area contributed by atoms with Crippen molar-refractivity contribution in [2.75, 3.05) is 0 Å². The van der Waals surface area contributed by atoms with E-state index in [-0.39, 0.29) is 40.5 Å². The molecule has 0 bridgehead atoms. The van der Waals surface area contributed by atoms with Crippen LogP contribution in [0, 0.1) is 34.5 Å². The SMILES string of the molecule is C[C@]12C=CC(=O)C=C1CC[C@@H]1[C@@H]2[C@H](O)C[C@]2(C)C3C=C(O)OC3C[C@H]12. The Morgan fingerprint density at radius 2 is 2.12 bits per heavy atom. The molecule has 4 nitrogen and oxygen atoms in total. The van der Waals surface area contributed by atoms with Crippen LogP contribution in [0.2, 0.25) is 0 Å². The molecule has 0 aromatic carbocycles. The Kier molecular flexibility index (Phi) is 3.00. The van der Waals surface area contributed by atoms with Gasteiger partial charge in [0, 0.05) is 23.3 Å². The summed E-state index contributed by atoms with van der Waals surface area (Å²) in [6.07, 6.45) is 10.7. The van der Waals surface area contributed by atoms with Crippen LogP contribution in [0.4, 0.5) is 0 Å². The normalized spacial score (nSPS) is 53.2. The Hall–Kier alpha value is -1.55. The van der Waals surface area contributed by atoms with Crippen molar-refractivity contribution in [3.8, 4) is 0 Å². The number of allylic oxidation sites excluding steroid dienone is 4. The number of carbonyl (C=O) groups excluding carboxylic acids is 1. The number of ketones is 1. The summed E-state index contributed by atoms with van der Waals surface area (Å²) in [7, 11) is 0. The third-order valence-corrected chi connectivity index (χ3v) is 8.17. The molecule has 2 N–H and O–H groups in total. The number of rotatable bonds is 0. The van der Waals surface area contributed by atoms with E-state index >= 15 is 0 Å². The standard InChI is InChI=1S/C21H26O4/c1-20-6-5-12(22)7-11(20)3-4-13-14-8-17-15(9-18(24)25-17)21(14,2)10-16(23)19(13)20/h5-7,9,13-17,19,23-24H,3-4,8,10H2,1-2H3/t13-,14+,15?,16+,17?,19+,20-,21-/m0/s1. The van der Waals surface area contributed by atoms with Gasteiger partial charge in [-0.15, -0.1) is 0 Å². The molecule has 0 spiro atoms. The molecule has 134 valence electrons. The van der Waals surface area contributed by atoms with Gasteiger partial charge in [-0.05, 0) is 55.1 Å². The second-order valence-electron chi connectivity index (χ2n) is 9.22. The second-order valence-corrected chi connectivity index (χ2v) is 9.22. The van der Waals surface area contributed by atoms with Crippen LogP contribution < -0.4 is 0 Å². The molecule has 2 unspecified atom stereocenters. The molecule has 0 aromatic rings. The Bertz CT molecular complexity index is 734. The quantitative estimate of drug-likeness (QED) is 0.709. The van der Waals surface area contributed by atoms with Gasteiger partial charge in [0.25, 0.3) is 5.95 Å². The van der Waals surface area contributed by atoms with Crippen molar-refractivity contribution >= 4 is 5.78 Å². The first kappa shape index (κ1) is 15.7. The minimum absolute atomic E-state index is 0.0263. The number of aliphatic hydroxyl groups excluding tert-OH is 2. The summed E-state index contributed by atoms with van der Waals surface area (Å²) >= 11 is 0. The first-order valence-electron chi connectivity index (χ1n) is 9.53. The average molecular weight is 342 g/mol. The van der Waals surface area contributed by atoms with Gasteiger partial charge < -0.3 is 14.9 Å². The zero-order chi connectivity index (χ0) is 17.6. The summed E-state index contributed by atoms with van der Waals surface area (Å²) in [5.41, 5.74) is 0.950. The van der Waals surface area contributed by atoms with Crippen LogP contribution in [0.25, 0.3) is 0 Å². The van der Waals surface area contributed by atoms with E-state index < -0.39 is 6.10 Å². The average Bonchev–Trinajstić information content (AvgIpc) is 3.03. The van der Waals surface area contributed by atoms with Crippen LogP contribution in [-0.4, -0.2) is 28.2 Å². The van der Waals surface area contributed by atoms with Gasteiger partial charge in [-0.25, -0.2) is 0 Å². The molecule has 4 heteroatoms. The third-order valence-electron chi connectivity index (χ3n) is 8.17. The molecule has 0 radical (unpaired) electrons. The van der Waals surface area contributed by atoms with Gasteiger partial charge >= 0.3 is 0 Å². The lowest BCUT2D eigenvalue weighted by atomic mass is 9.47. The lowest BCUT2D eigenvalue weighted by molar-refractivity contribution is -0.116. The highest BCUT2D eigenvalue weighted by Gasteiger charge is 2.64. The van der Waals surface area contributed by atoms with E-state index in [1.54, 1.807) is 12.2 Å². The minimum atomic E-state index is -0.396. The molecule has 1 aliphatic heterocycles. The molecule has 3 fully saturated rings. The summed E-state index contributed by atoms with van der Waals surface area (Å²) in [4.78, 5) is 11.8. The van der Waals surface area contributed by atoms with Gasteiger partial charge in [0.1, 0.15) is 6.10 Å². The van der Waals surface area contributed by atoms with E-state index in [4.69, 9.17) is 4.74 Å². The van der Waals surface area contributed by atoms with Crippen LogP contribution in [0.3, 0.4) is 0 Å². The number of fused-ring (bicyclic) bond motifs is 7. The molecule has 0 aromatic heterocycles. The van der Waals surface area contributed by atoms with Gasteiger partial charge in [-0.3, -0.25) is 4.79 Å². The van der Waals surface area contributed by atoms with Crippen molar-refractivity contribution in [3.05, 3.63) is 35.8 Å². The van der Waals surface area contributed by atoms with Crippen molar-refractivity contribution in [2.24, 2.45) is 34.5 Å². The number of hydrogen-bond acceptors (Lipinski definition) is 4. The zero-order valence-corrected chi connectivity index (χ0v) is 14.8. The number of hydrogen-bond donors (Lipinski definition) is 2. The smallest absolute Gasteiger partial charge is 0.273 e. The van der Waals surface area contributed by atoms with E-state index in [9.17, 15) is 15.0 Å². The fourth-order valence-corrected chi connectivity index (χ4v) is 7.12. The third kappa shape index (κ3) is 1.89. The first-order valence-corrected chi connectivity index (χ1v) is 9.53. The van der Waals surface area contributed by atoms with Gasteiger partial charge in [0.2, 0.25) is 0 Å². The summed E-state index contributed by atoms with van der Waals surface area (Å²) in [5.74, 6) is 1.40. The summed E-state index contributed by atoms with van der Waals surface area (Å²) < 4.78 is 5.67. The molecular weight excluding hydrogens is 316 g/mol. The summed E-state index contributed by atoms with van der Waals surface area (Å²) in [5, 5.41) is 21.0. The maximum Gasteiger partial charge on any atom is 0.273 e. The van der Waals surface area contributed by atoms with Crippen molar-refractivity contribution in [1.29, 1.82) is 0 Å². The predicted octanol–water partition coefficient (Wildman–Crippen LogP) is 3.29. The Labute approximate surface area is 148 Å². The molecule has 5 aliphatic rings. The molecule has 25 heavy (non-hydrogen) atoms. The lowest BCUT2D eigenvalue weighted by Crippen LogP contribution is -2.55. The maximum absolute atomic E-state index is 11.8. The molecule has 0 amide bonds. The van der Waals surface area contributed by atoms with E-state index in [1.807, 2.05) is 12.2 Å². The molecule has 5 rings (SSSR count). The van der Waals surface area contributed by atoms with E-state index in [0.29, 0.717) is 11.8 Å². The van der Waals surface area contributed by atoms with Crippen molar-refractivity contribution in [3.63, 3.8) is 0 Å². The van der Waals surface area contributed by atoms with Crippen LogP contribution in [-0.2, 0) is 9.53 Å². The number of ether oxygens (including phenoxy) is 1. The Morgan fingerprint density at radius 3 is 2.92 bits per heavy atom. The van der Waals surface area contributed by atoms with Crippen molar-refractivity contribution in [1.82, 2.24) is 0 Å². The second kappa shape index (κ2) is 4.79. The Morgan fingerprint density at radius 1 is 1.32 bits per heavy atom. The monoisotopic (exact) mass is 342 g/mol. The lowest BCUT2D eigenvalue weighted by Gasteiger charge is -2.58. The van der Waals surface area contributed by atoms with Crippen LogP contribution in [0.15, 0.2) is 35.8 Å². The van der Waals surface area contributed by atoms with Gasteiger partial charge in [-0.2, -0.15) is 0 Å². The van der Waals surface area contributed by atoms with E-state index in [1.165, 1.54) is 5.57 Å². The number of carbonyl (C=O) groups is 1. The zero-order valence-electron chi connectivity index (χ0n) is 14.8. The summed E-state index contributed by atoms with van der Waals surface area (Å²) in [6, 6.07) is 0. The fourth-order valence-electron chi connectivity index (χ4n) is 7.12. The maximum atomic E-state index is 11.8. The van der Waals surface area contributed by atoms with E-state index in [2.05, 4.69) is 13.8 Å². The highest BCUT2D eigenvalue weighted by atomic mass is 16.6. The molecular formula is C21H26O4. The first-order chi connectivity index (χ1) is 11.8. The topological polar surface area (TPSA) is 66.8 Å². The van der Waals surface area contributed by atoms with Gasteiger partial charge in [0.15, 0.2) is 5.78 Å². The Balaban J connectivity index is 1.55. The van der Waals surface area contributed by atoms with Crippen LogP contribution >= 0.6 is 0 Å². The fraction of sp³-hybridized carbons (Fsp3) is 0.667. The van der Waals surface area contributed by atoms with Crippen molar-refractivity contribution in [2.45, 2.75) is 51.7 Å². The van der Waals surface area contributed by atoms with Gasteiger partial charge in [0.05, 0.1) is 6.10 Å². The largest absolute Gasteiger partial charge is 0.481 e. The van der Waals surface area contributed by atoms with Crippen LogP contribution in [0.1, 0.15) is 39.5 Å². The molecule has 4 aliphatic carbocycles. The van der Waals surface area contributed by atoms with Crippen LogP contribution in [0.5, 0.6) is 0 Å². The highest BCUT2D eigenvalue weighted by molar-refractivity contribution is 6.01. The minimum Gasteiger partial charge on any atom is -0.481 e. The van der Waals surface area contributed by atoms with E-state index in [0.717, 1.165) is 25.7 Å². The molecule has 8 atom stereocenters. The number of aliphatic hydroxyl groups is 2. The summed E-state index contributed by atoms with van der Waals surface area (Å²) in [6.45, 7) is 4.47. The van der Waals surface area contributed by atoms with Crippen molar-refractivity contribution < 1.29 is 19.7 Å². The molecule has 1 heterocycles. The van der Waals surface area contributed by atoms with Gasteiger partial charge in [-0.1, -0.05) is 25.5 Å². The molecule has 3 saturated carbocycles.